The molecule has 1 fully saturated rings. The fourth-order valence-corrected chi connectivity index (χ4v) is 4.45. The first-order chi connectivity index (χ1) is 15.8. The number of fused-ring (bicyclic) bond motifs is 1. The van der Waals surface area contributed by atoms with Gasteiger partial charge in [-0.25, -0.2) is 4.39 Å². The van der Waals surface area contributed by atoms with Crippen molar-refractivity contribution in [3.05, 3.63) is 64.6 Å². The Morgan fingerprint density at radius 3 is 2.79 bits per heavy atom. The van der Waals surface area contributed by atoms with Crippen LogP contribution in [-0.2, 0) is 22.7 Å². The van der Waals surface area contributed by atoms with Gasteiger partial charge in [0, 0.05) is 41.9 Å². The lowest BCUT2D eigenvalue weighted by Gasteiger charge is -2.24. The lowest BCUT2D eigenvalue weighted by molar-refractivity contribution is -0.138. The number of Topliss-reactive ketones (excluding diaryl/α,β-unsaturated/α-hetero) is 1. The second kappa shape index (κ2) is 9.23. The molecular weight excluding hydrogens is 449 g/mol. The third kappa shape index (κ3) is 4.57. The van der Waals surface area contributed by atoms with Gasteiger partial charge < -0.3 is 19.9 Å². The summed E-state index contributed by atoms with van der Waals surface area (Å²) in [6, 6.07) is 8.55. The first kappa shape index (κ1) is 22.8. The van der Waals surface area contributed by atoms with E-state index in [1.807, 2.05) is 0 Å². The van der Waals surface area contributed by atoms with Crippen molar-refractivity contribution in [1.82, 2.24) is 14.8 Å². The Bertz CT molecular complexity index is 1260. The zero-order chi connectivity index (χ0) is 23.7. The number of carbonyl (C=O) groups excluding carboxylic acids is 3. The fourth-order valence-electron chi connectivity index (χ4n) is 4.25. The number of amides is 2. The topological polar surface area (TPSA) is 91.6 Å². The van der Waals surface area contributed by atoms with Crippen molar-refractivity contribution in [2.75, 3.05) is 6.54 Å². The highest BCUT2D eigenvalue weighted by atomic mass is 35.5. The third-order valence-corrected chi connectivity index (χ3v) is 6.20. The standard InChI is InChI=1S/C24H23ClFN3O4/c1-14(30)18-12-28(21-10-16(31)7-8-17(18)21)13-22(32)29-9-3-6-20(29)24(33)27-11-15-4-2-5-19(25)23(15)26/h2,4-5,7-8,10,12,20,31H,3,6,9,11,13H2,1H3,(H,27,33). The average Bonchev–Trinajstić information content (AvgIpc) is 3.40. The Balaban J connectivity index is 1.49. The second-order valence-electron chi connectivity index (χ2n) is 8.10. The van der Waals surface area contributed by atoms with Crippen LogP contribution in [0.2, 0.25) is 5.02 Å². The van der Waals surface area contributed by atoms with Gasteiger partial charge in [-0.2, -0.15) is 0 Å². The van der Waals surface area contributed by atoms with Crippen LogP contribution in [0.4, 0.5) is 4.39 Å². The van der Waals surface area contributed by atoms with E-state index in [2.05, 4.69) is 5.32 Å². The van der Waals surface area contributed by atoms with E-state index in [-0.39, 0.29) is 47.0 Å². The number of carbonyl (C=O) groups is 3. The summed E-state index contributed by atoms with van der Waals surface area (Å²) in [6.07, 6.45) is 2.76. The molecule has 172 valence electrons. The van der Waals surface area contributed by atoms with Crippen molar-refractivity contribution in [3.63, 3.8) is 0 Å². The quantitative estimate of drug-likeness (QED) is 0.537. The van der Waals surface area contributed by atoms with Crippen molar-refractivity contribution in [3.8, 4) is 5.75 Å². The smallest absolute Gasteiger partial charge is 0.243 e. The lowest BCUT2D eigenvalue weighted by Crippen LogP contribution is -2.46. The second-order valence-corrected chi connectivity index (χ2v) is 8.51. The molecule has 1 unspecified atom stereocenters. The molecule has 1 aliphatic heterocycles. The van der Waals surface area contributed by atoms with E-state index in [1.54, 1.807) is 22.9 Å². The predicted molar refractivity (Wildman–Crippen MR) is 122 cm³/mol. The van der Waals surface area contributed by atoms with Crippen molar-refractivity contribution in [1.29, 1.82) is 0 Å². The molecule has 2 amide bonds. The molecule has 0 bridgehead atoms. The molecule has 7 nitrogen and oxygen atoms in total. The molecule has 0 saturated carbocycles. The first-order valence-corrected chi connectivity index (χ1v) is 11.0. The summed E-state index contributed by atoms with van der Waals surface area (Å²) in [5.74, 6) is -1.35. The molecule has 0 spiro atoms. The van der Waals surface area contributed by atoms with Gasteiger partial charge in [0.25, 0.3) is 0 Å². The van der Waals surface area contributed by atoms with E-state index in [4.69, 9.17) is 11.6 Å². The number of aromatic nitrogens is 1. The van der Waals surface area contributed by atoms with Gasteiger partial charge in [-0.1, -0.05) is 23.7 Å². The minimum absolute atomic E-state index is 0.0191. The number of hydrogen-bond donors (Lipinski definition) is 2. The monoisotopic (exact) mass is 471 g/mol. The van der Waals surface area contributed by atoms with Crippen LogP contribution < -0.4 is 5.32 Å². The van der Waals surface area contributed by atoms with Crippen LogP contribution in [0.5, 0.6) is 5.75 Å². The van der Waals surface area contributed by atoms with Crippen LogP contribution in [-0.4, -0.2) is 44.8 Å². The molecule has 0 aliphatic carbocycles. The molecule has 1 aliphatic rings. The van der Waals surface area contributed by atoms with Gasteiger partial charge >= 0.3 is 0 Å². The van der Waals surface area contributed by atoms with Gasteiger partial charge in [-0.15, -0.1) is 0 Å². The van der Waals surface area contributed by atoms with E-state index in [0.717, 1.165) is 0 Å². The summed E-state index contributed by atoms with van der Waals surface area (Å²) in [7, 11) is 0. The van der Waals surface area contributed by atoms with Crippen molar-refractivity contribution >= 4 is 40.1 Å². The van der Waals surface area contributed by atoms with E-state index < -0.39 is 11.9 Å². The van der Waals surface area contributed by atoms with Gasteiger partial charge in [0.1, 0.15) is 24.2 Å². The van der Waals surface area contributed by atoms with E-state index in [9.17, 15) is 23.9 Å². The number of phenols is 1. The molecule has 1 atom stereocenters. The molecule has 9 heteroatoms. The number of hydrogen-bond acceptors (Lipinski definition) is 4. The maximum atomic E-state index is 14.1. The summed E-state index contributed by atoms with van der Waals surface area (Å²) in [6.45, 7) is 1.75. The first-order valence-electron chi connectivity index (χ1n) is 10.6. The van der Waals surface area contributed by atoms with Gasteiger partial charge in [-0.05, 0) is 38.0 Å². The molecule has 33 heavy (non-hydrogen) atoms. The van der Waals surface area contributed by atoms with Crippen LogP contribution in [0.1, 0.15) is 35.7 Å². The van der Waals surface area contributed by atoms with Gasteiger partial charge in [0.2, 0.25) is 11.8 Å². The Morgan fingerprint density at radius 1 is 1.24 bits per heavy atom. The Hall–Kier alpha value is -3.39. The number of benzene rings is 2. The molecule has 3 aromatic rings. The molecule has 1 aromatic heterocycles. The number of phenolic OH excluding ortho intramolecular Hbond substituents is 1. The molecule has 1 saturated heterocycles. The van der Waals surface area contributed by atoms with Gasteiger partial charge in [-0.3, -0.25) is 14.4 Å². The maximum absolute atomic E-state index is 14.1. The normalized spacial score (nSPS) is 15.7. The van der Waals surface area contributed by atoms with E-state index in [0.29, 0.717) is 35.9 Å². The Labute approximate surface area is 194 Å². The van der Waals surface area contributed by atoms with Crippen LogP contribution >= 0.6 is 11.6 Å². The zero-order valence-corrected chi connectivity index (χ0v) is 18.7. The molecule has 2 aromatic carbocycles. The Kier molecular flexibility index (Phi) is 6.37. The maximum Gasteiger partial charge on any atom is 0.243 e. The SMILES string of the molecule is CC(=O)c1cn(CC(=O)N2CCCC2C(=O)NCc2cccc(Cl)c2F)c2cc(O)ccc12. The Morgan fingerprint density at radius 2 is 2.03 bits per heavy atom. The summed E-state index contributed by atoms with van der Waals surface area (Å²) < 4.78 is 15.7. The predicted octanol–water partition coefficient (Wildman–Crippen LogP) is 3.65. The zero-order valence-electron chi connectivity index (χ0n) is 18.0. The van der Waals surface area contributed by atoms with E-state index in [1.165, 1.54) is 36.1 Å². The molecule has 2 heterocycles. The highest BCUT2D eigenvalue weighted by molar-refractivity contribution is 6.30. The number of nitrogens with one attached hydrogen (secondary N) is 1. The molecule has 0 radical (unpaired) electrons. The molecule has 4 rings (SSSR count). The summed E-state index contributed by atoms with van der Waals surface area (Å²) >= 11 is 5.79. The number of rotatable bonds is 6. The van der Waals surface area contributed by atoms with E-state index >= 15 is 0 Å². The minimum atomic E-state index is -0.665. The highest BCUT2D eigenvalue weighted by Crippen LogP contribution is 2.27. The van der Waals surface area contributed by atoms with Crippen LogP contribution in [0, 0.1) is 5.82 Å². The number of likely N-dealkylation sites (tertiary alicyclic amines) is 1. The van der Waals surface area contributed by atoms with Gasteiger partial charge in [0.05, 0.1) is 10.5 Å². The van der Waals surface area contributed by atoms with Crippen LogP contribution in [0.15, 0.2) is 42.6 Å². The summed E-state index contributed by atoms with van der Waals surface area (Å²) in [5.41, 5.74) is 1.28. The number of aromatic hydroxyl groups is 1. The van der Waals surface area contributed by atoms with Crippen molar-refractivity contribution in [2.45, 2.75) is 38.9 Å². The molecular formula is C24H23ClFN3O4. The number of nitrogens with zero attached hydrogens (tertiary/aromatic N) is 2. The van der Waals surface area contributed by atoms with Crippen molar-refractivity contribution in [2.24, 2.45) is 0 Å². The van der Waals surface area contributed by atoms with Gasteiger partial charge in [0.15, 0.2) is 5.78 Å². The minimum Gasteiger partial charge on any atom is -0.508 e. The van der Waals surface area contributed by atoms with Crippen molar-refractivity contribution < 1.29 is 23.9 Å². The largest absolute Gasteiger partial charge is 0.508 e. The average molecular weight is 472 g/mol. The van der Waals surface area contributed by atoms with Crippen LogP contribution in [0.25, 0.3) is 10.9 Å². The molecule has 2 N–H and O–H groups in total. The van der Waals surface area contributed by atoms with Crippen LogP contribution in [0.3, 0.4) is 0 Å². The highest BCUT2D eigenvalue weighted by Gasteiger charge is 2.34. The lowest BCUT2D eigenvalue weighted by atomic mass is 10.1. The number of ketones is 1. The third-order valence-electron chi connectivity index (χ3n) is 5.91. The fraction of sp³-hybridized carbons (Fsp3) is 0.292. The number of halogens is 2. The summed E-state index contributed by atoms with van der Waals surface area (Å²) in [4.78, 5) is 39.4. The summed E-state index contributed by atoms with van der Waals surface area (Å²) in [5, 5.41) is 13.2.